The lowest BCUT2D eigenvalue weighted by molar-refractivity contribution is -0.126. The normalized spacial score (nSPS) is 10.8. The van der Waals surface area contributed by atoms with Gasteiger partial charge in [-0.1, -0.05) is 37.3 Å². The van der Waals surface area contributed by atoms with E-state index in [1.165, 1.54) is 18.4 Å². The molecule has 0 N–H and O–H groups in total. The van der Waals surface area contributed by atoms with Gasteiger partial charge in [0.25, 0.3) is 0 Å². The number of amides is 1. The highest BCUT2D eigenvalue weighted by Crippen LogP contribution is 2.14. The standard InChI is InChI=1S/C18H20N2O3S/c1-3-11-20(12-16-19-15(13-24-16)18(22)23-2)17(21)10-9-14-7-5-4-6-8-14/h4-10,13H,3,11-12H2,1-2H3. The predicted molar refractivity (Wildman–Crippen MR) is 94.6 cm³/mol. The number of benzene rings is 1. The van der Waals surface area contributed by atoms with E-state index in [0.717, 1.165) is 12.0 Å². The van der Waals surface area contributed by atoms with Gasteiger partial charge < -0.3 is 9.64 Å². The molecule has 5 nitrogen and oxygen atoms in total. The van der Waals surface area contributed by atoms with Gasteiger partial charge in [0, 0.05) is 18.0 Å². The number of aromatic nitrogens is 1. The van der Waals surface area contributed by atoms with Gasteiger partial charge in [-0.25, -0.2) is 9.78 Å². The van der Waals surface area contributed by atoms with E-state index >= 15 is 0 Å². The van der Waals surface area contributed by atoms with Crippen LogP contribution >= 0.6 is 11.3 Å². The van der Waals surface area contributed by atoms with Crippen molar-refractivity contribution in [1.82, 2.24) is 9.88 Å². The molecule has 0 fully saturated rings. The highest BCUT2D eigenvalue weighted by Gasteiger charge is 2.15. The van der Waals surface area contributed by atoms with Crippen LogP contribution in [0.15, 0.2) is 41.8 Å². The summed E-state index contributed by atoms with van der Waals surface area (Å²) in [4.78, 5) is 29.8. The Kier molecular flexibility index (Phi) is 6.69. The van der Waals surface area contributed by atoms with Crippen molar-refractivity contribution in [2.75, 3.05) is 13.7 Å². The van der Waals surface area contributed by atoms with Crippen molar-refractivity contribution in [1.29, 1.82) is 0 Å². The third-order valence-corrected chi connectivity index (χ3v) is 4.13. The molecule has 0 radical (unpaired) electrons. The first-order valence-corrected chi connectivity index (χ1v) is 8.56. The van der Waals surface area contributed by atoms with Crippen LogP contribution in [0.3, 0.4) is 0 Å². The van der Waals surface area contributed by atoms with Crippen LogP contribution in [0.1, 0.15) is 34.4 Å². The van der Waals surface area contributed by atoms with Gasteiger partial charge in [-0.3, -0.25) is 4.79 Å². The lowest BCUT2D eigenvalue weighted by Gasteiger charge is -2.19. The Bertz CT molecular complexity index is 710. The molecule has 1 heterocycles. The first-order valence-electron chi connectivity index (χ1n) is 7.68. The lowest BCUT2D eigenvalue weighted by Crippen LogP contribution is -2.29. The third-order valence-electron chi connectivity index (χ3n) is 3.30. The number of hydrogen-bond donors (Lipinski definition) is 0. The van der Waals surface area contributed by atoms with Crippen molar-refractivity contribution in [3.63, 3.8) is 0 Å². The molecule has 0 bridgehead atoms. The maximum atomic E-state index is 12.4. The molecule has 1 amide bonds. The smallest absolute Gasteiger partial charge is 0.357 e. The second kappa shape index (κ2) is 8.98. The van der Waals surface area contributed by atoms with Crippen molar-refractivity contribution in [2.45, 2.75) is 19.9 Å². The van der Waals surface area contributed by atoms with Gasteiger partial charge in [-0.2, -0.15) is 0 Å². The number of hydrogen-bond acceptors (Lipinski definition) is 5. The van der Waals surface area contributed by atoms with Crippen LogP contribution in [0.4, 0.5) is 0 Å². The van der Waals surface area contributed by atoms with Gasteiger partial charge in [0.05, 0.1) is 13.7 Å². The molecule has 2 aromatic rings. The molecule has 0 atom stereocenters. The number of esters is 1. The van der Waals surface area contributed by atoms with Crippen molar-refractivity contribution in [2.24, 2.45) is 0 Å². The molecule has 0 aliphatic rings. The van der Waals surface area contributed by atoms with E-state index in [9.17, 15) is 9.59 Å². The Balaban J connectivity index is 2.05. The molecule has 2 rings (SSSR count). The number of carbonyl (C=O) groups excluding carboxylic acids is 2. The predicted octanol–water partition coefficient (Wildman–Crippen LogP) is 3.38. The molecule has 0 saturated heterocycles. The third kappa shape index (κ3) is 5.03. The summed E-state index contributed by atoms with van der Waals surface area (Å²) >= 11 is 1.35. The summed E-state index contributed by atoms with van der Waals surface area (Å²) in [5.74, 6) is -0.537. The van der Waals surface area contributed by atoms with Crippen molar-refractivity contribution < 1.29 is 14.3 Å². The first-order chi connectivity index (χ1) is 11.6. The number of methoxy groups -OCH3 is 1. The average molecular weight is 344 g/mol. The average Bonchev–Trinajstić information content (AvgIpc) is 3.08. The molecule has 126 valence electrons. The van der Waals surface area contributed by atoms with Crippen LogP contribution in [0.5, 0.6) is 0 Å². The summed E-state index contributed by atoms with van der Waals surface area (Å²) in [5, 5.41) is 2.36. The zero-order chi connectivity index (χ0) is 17.4. The Labute approximate surface area is 145 Å². The second-order valence-corrected chi connectivity index (χ2v) is 6.06. The van der Waals surface area contributed by atoms with Crippen LogP contribution in [0, 0.1) is 0 Å². The van der Waals surface area contributed by atoms with Gasteiger partial charge in [0.15, 0.2) is 5.69 Å². The van der Waals surface area contributed by atoms with Crippen molar-refractivity contribution in [3.05, 3.63) is 58.1 Å². The summed E-state index contributed by atoms with van der Waals surface area (Å²) in [7, 11) is 1.32. The van der Waals surface area contributed by atoms with Gasteiger partial charge in [-0.05, 0) is 18.1 Å². The number of nitrogens with zero attached hydrogens (tertiary/aromatic N) is 2. The summed E-state index contributed by atoms with van der Waals surface area (Å²) < 4.78 is 4.65. The highest BCUT2D eigenvalue weighted by atomic mass is 32.1. The molecule has 1 aromatic heterocycles. The quantitative estimate of drug-likeness (QED) is 0.571. The van der Waals surface area contributed by atoms with E-state index in [2.05, 4.69) is 9.72 Å². The second-order valence-electron chi connectivity index (χ2n) is 5.12. The van der Waals surface area contributed by atoms with Crippen molar-refractivity contribution in [3.8, 4) is 0 Å². The number of thiazole rings is 1. The summed E-state index contributed by atoms with van der Waals surface area (Å²) in [6.45, 7) is 3.03. The largest absolute Gasteiger partial charge is 0.464 e. The molecule has 0 unspecified atom stereocenters. The van der Waals surface area contributed by atoms with Crippen LogP contribution in [-0.2, 0) is 16.1 Å². The summed E-state index contributed by atoms with van der Waals surface area (Å²) in [6, 6.07) is 9.68. The molecule has 1 aromatic carbocycles. The fourth-order valence-electron chi connectivity index (χ4n) is 2.12. The number of ether oxygens (including phenoxy) is 1. The van der Waals surface area contributed by atoms with Crippen LogP contribution in [0.2, 0.25) is 0 Å². The van der Waals surface area contributed by atoms with E-state index in [1.54, 1.807) is 22.4 Å². The molecule has 0 saturated carbocycles. The lowest BCUT2D eigenvalue weighted by atomic mass is 10.2. The minimum Gasteiger partial charge on any atom is -0.464 e. The first kappa shape index (κ1) is 17.9. The van der Waals surface area contributed by atoms with Gasteiger partial charge in [0.1, 0.15) is 5.01 Å². The SMILES string of the molecule is CCCN(Cc1nc(C(=O)OC)cs1)C(=O)C=Cc1ccccc1. The van der Waals surface area contributed by atoms with Gasteiger partial charge in [-0.15, -0.1) is 11.3 Å². The molecule has 0 aliphatic carbocycles. The monoisotopic (exact) mass is 344 g/mol. The minimum atomic E-state index is -0.463. The van der Waals surface area contributed by atoms with Crippen molar-refractivity contribution >= 4 is 29.3 Å². The van der Waals surface area contributed by atoms with E-state index in [4.69, 9.17) is 0 Å². The Morgan fingerprint density at radius 2 is 2.04 bits per heavy atom. The fraction of sp³-hybridized carbons (Fsp3) is 0.278. The van der Waals surface area contributed by atoms with Crippen LogP contribution < -0.4 is 0 Å². The topological polar surface area (TPSA) is 59.5 Å². The molecule has 24 heavy (non-hydrogen) atoms. The molecule has 0 aliphatic heterocycles. The molecular formula is C18H20N2O3S. The summed E-state index contributed by atoms with van der Waals surface area (Å²) in [6.07, 6.45) is 4.21. The van der Waals surface area contributed by atoms with Gasteiger partial charge >= 0.3 is 5.97 Å². The molecular weight excluding hydrogens is 324 g/mol. The van der Waals surface area contributed by atoms with E-state index < -0.39 is 5.97 Å². The Morgan fingerprint density at radius 1 is 1.29 bits per heavy atom. The van der Waals surface area contributed by atoms with E-state index in [-0.39, 0.29) is 11.6 Å². The Morgan fingerprint density at radius 3 is 2.71 bits per heavy atom. The maximum Gasteiger partial charge on any atom is 0.357 e. The minimum absolute atomic E-state index is 0.0736. The van der Waals surface area contributed by atoms with Gasteiger partial charge in [0.2, 0.25) is 5.91 Å². The van der Waals surface area contributed by atoms with Crippen LogP contribution in [-0.4, -0.2) is 35.4 Å². The van der Waals surface area contributed by atoms with E-state index in [0.29, 0.717) is 18.1 Å². The zero-order valence-electron chi connectivity index (χ0n) is 13.8. The van der Waals surface area contributed by atoms with Crippen LogP contribution in [0.25, 0.3) is 6.08 Å². The number of carbonyl (C=O) groups is 2. The fourth-order valence-corrected chi connectivity index (χ4v) is 2.90. The zero-order valence-corrected chi connectivity index (χ0v) is 14.6. The summed E-state index contributed by atoms with van der Waals surface area (Å²) in [5.41, 5.74) is 1.26. The number of rotatable bonds is 7. The maximum absolute atomic E-state index is 12.4. The molecule has 0 spiro atoms. The molecule has 6 heteroatoms. The Hall–Kier alpha value is -2.47. The van der Waals surface area contributed by atoms with E-state index in [1.807, 2.05) is 37.3 Å². The highest BCUT2D eigenvalue weighted by molar-refractivity contribution is 7.09.